The molecule has 0 amide bonds. The van der Waals surface area contributed by atoms with Crippen LogP contribution in [0.15, 0.2) is 12.3 Å². The highest BCUT2D eigenvalue weighted by Gasteiger charge is 2.36. The van der Waals surface area contributed by atoms with E-state index in [9.17, 15) is 9.18 Å². The maximum absolute atomic E-state index is 13.1. The van der Waals surface area contributed by atoms with E-state index in [4.69, 9.17) is 5.11 Å². The van der Waals surface area contributed by atoms with Gasteiger partial charge in [0.2, 0.25) is 0 Å². The second-order valence-corrected chi connectivity index (χ2v) is 5.16. The zero-order valence-corrected chi connectivity index (χ0v) is 9.97. The highest BCUT2D eigenvalue weighted by molar-refractivity contribution is 5.93. The highest BCUT2D eigenvalue weighted by Crippen LogP contribution is 2.38. The van der Waals surface area contributed by atoms with Gasteiger partial charge in [-0.25, -0.2) is 14.2 Å². The van der Waals surface area contributed by atoms with Gasteiger partial charge in [-0.15, -0.1) is 0 Å². The Kier molecular flexibility index (Phi) is 2.69. The monoisotopic (exact) mass is 250 g/mol. The summed E-state index contributed by atoms with van der Waals surface area (Å²) in [5.41, 5.74) is -0.0254. The maximum atomic E-state index is 13.1. The molecule has 2 aliphatic rings. The minimum atomic E-state index is -1.11. The minimum absolute atomic E-state index is 0.0254. The fraction of sp³-hybridized carbons (Fsp3) is 0.538. The summed E-state index contributed by atoms with van der Waals surface area (Å²) in [6, 6.07) is 1.45. The fourth-order valence-electron chi connectivity index (χ4n) is 2.19. The molecule has 4 nitrogen and oxygen atoms in total. The van der Waals surface area contributed by atoms with Gasteiger partial charge in [0.25, 0.3) is 0 Å². The lowest BCUT2D eigenvalue weighted by atomic mass is 10.2. The predicted octanol–water partition coefficient (Wildman–Crippen LogP) is 2.30. The van der Waals surface area contributed by atoms with Crippen molar-refractivity contribution in [1.82, 2.24) is 4.98 Å². The molecule has 1 heterocycles. The number of pyridine rings is 1. The summed E-state index contributed by atoms with van der Waals surface area (Å²) in [4.78, 5) is 17.3. The number of carboxylic acids is 1. The van der Waals surface area contributed by atoms with Gasteiger partial charge in [0.1, 0.15) is 17.2 Å². The van der Waals surface area contributed by atoms with Gasteiger partial charge in [-0.05, 0) is 37.7 Å². The molecule has 0 saturated heterocycles. The summed E-state index contributed by atoms with van der Waals surface area (Å²) in [7, 11) is 0. The summed E-state index contributed by atoms with van der Waals surface area (Å²) < 4.78 is 13.1. The van der Waals surface area contributed by atoms with Gasteiger partial charge in [-0.1, -0.05) is 0 Å². The third-order valence-corrected chi connectivity index (χ3v) is 3.48. The molecule has 3 rings (SSSR count). The van der Waals surface area contributed by atoms with E-state index in [1.54, 1.807) is 0 Å². The lowest BCUT2D eigenvalue weighted by Crippen LogP contribution is -2.30. The van der Waals surface area contributed by atoms with E-state index in [-0.39, 0.29) is 5.56 Å². The molecule has 0 aromatic carbocycles. The van der Waals surface area contributed by atoms with E-state index in [1.807, 2.05) is 0 Å². The number of carbonyl (C=O) groups is 1. The molecule has 1 aromatic heterocycles. The third kappa shape index (κ3) is 2.30. The minimum Gasteiger partial charge on any atom is -0.478 e. The molecule has 2 fully saturated rings. The summed E-state index contributed by atoms with van der Waals surface area (Å²) in [6.45, 7) is 0.851. The molecule has 0 spiro atoms. The van der Waals surface area contributed by atoms with Gasteiger partial charge < -0.3 is 10.0 Å². The molecule has 1 N–H and O–H groups in total. The van der Waals surface area contributed by atoms with E-state index in [1.165, 1.54) is 12.8 Å². The Morgan fingerprint density at radius 1 is 1.44 bits per heavy atom. The molecule has 0 aliphatic heterocycles. The smallest absolute Gasteiger partial charge is 0.339 e. The fourth-order valence-corrected chi connectivity index (χ4v) is 2.19. The van der Waals surface area contributed by atoms with Crippen molar-refractivity contribution >= 4 is 11.8 Å². The van der Waals surface area contributed by atoms with Crippen molar-refractivity contribution in [1.29, 1.82) is 0 Å². The molecule has 0 bridgehead atoms. The number of halogens is 1. The molecular formula is C13H15FN2O2. The summed E-state index contributed by atoms with van der Waals surface area (Å²) in [5, 5.41) is 9.16. The van der Waals surface area contributed by atoms with Gasteiger partial charge >= 0.3 is 5.97 Å². The Balaban J connectivity index is 1.93. The van der Waals surface area contributed by atoms with Crippen LogP contribution < -0.4 is 4.90 Å². The number of hydrogen-bond acceptors (Lipinski definition) is 3. The molecule has 2 saturated carbocycles. The van der Waals surface area contributed by atoms with E-state index in [0.29, 0.717) is 17.8 Å². The summed E-state index contributed by atoms with van der Waals surface area (Å²) in [6.07, 6.45) is 5.65. The van der Waals surface area contributed by atoms with Crippen LogP contribution >= 0.6 is 0 Å². The van der Waals surface area contributed by atoms with Crippen LogP contribution in [-0.2, 0) is 0 Å². The van der Waals surface area contributed by atoms with Crippen LogP contribution in [-0.4, -0.2) is 28.6 Å². The van der Waals surface area contributed by atoms with E-state index in [0.717, 1.165) is 31.6 Å². The maximum Gasteiger partial charge on any atom is 0.339 e. The Hall–Kier alpha value is -1.65. The Labute approximate surface area is 104 Å². The van der Waals surface area contributed by atoms with E-state index >= 15 is 0 Å². The Bertz CT molecular complexity index is 484. The predicted molar refractivity (Wildman–Crippen MR) is 64.2 cm³/mol. The van der Waals surface area contributed by atoms with Gasteiger partial charge in [0.15, 0.2) is 0 Å². The average molecular weight is 250 g/mol. The van der Waals surface area contributed by atoms with Crippen LogP contribution in [0.1, 0.15) is 36.0 Å². The largest absolute Gasteiger partial charge is 0.478 e. The molecule has 0 radical (unpaired) electrons. The quantitative estimate of drug-likeness (QED) is 0.871. The van der Waals surface area contributed by atoms with Crippen LogP contribution in [0.3, 0.4) is 0 Å². The number of carboxylic acid groups (broad SMARTS) is 1. The first-order valence-corrected chi connectivity index (χ1v) is 6.30. The van der Waals surface area contributed by atoms with Gasteiger partial charge in [0.05, 0.1) is 6.20 Å². The number of anilines is 1. The van der Waals surface area contributed by atoms with Crippen molar-refractivity contribution < 1.29 is 14.3 Å². The van der Waals surface area contributed by atoms with Crippen LogP contribution in [0.4, 0.5) is 10.2 Å². The molecule has 96 valence electrons. The Morgan fingerprint density at radius 2 is 2.17 bits per heavy atom. The lowest BCUT2D eigenvalue weighted by Gasteiger charge is -2.24. The zero-order valence-electron chi connectivity index (χ0n) is 9.97. The Morgan fingerprint density at radius 3 is 2.72 bits per heavy atom. The van der Waals surface area contributed by atoms with Crippen molar-refractivity contribution in [3.63, 3.8) is 0 Å². The van der Waals surface area contributed by atoms with Gasteiger partial charge in [0, 0.05) is 12.6 Å². The first kappa shape index (κ1) is 11.4. The molecule has 2 aliphatic carbocycles. The van der Waals surface area contributed by atoms with Crippen molar-refractivity contribution in [2.75, 3.05) is 11.4 Å². The van der Waals surface area contributed by atoms with Gasteiger partial charge in [-0.3, -0.25) is 0 Å². The molecule has 1 aromatic rings. The normalized spacial score (nSPS) is 18.7. The molecule has 5 heteroatoms. The van der Waals surface area contributed by atoms with Crippen molar-refractivity contribution in [3.05, 3.63) is 23.6 Å². The van der Waals surface area contributed by atoms with E-state index < -0.39 is 11.8 Å². The molecule has 0 atom stereocenters. The van der Waals surface area contributed by atoms with Crippen molar-refractivity contribution in [2.24, 2.45) is 5.92 Å². The summed E-state index contributed by atoms with van der Waals surface area (Å²) >= 11 is 0. The molecule has 18 heavy (non-hydrogen) atoms. The number of nitrogens with zero attached hydrogens (tertiary/aromatic N) is 2. The second kappa shape index (κ2) is 4.23. The number of hydrogen-bond donors (Lipinski definition) is 1. The highest BCUT2D eigenvalue weighted by atomic mass is 19.1. The van der Waals surface area contributed by atoms with Crippen LogP contribution in [0.2, 0.25) is 0 Å². The second-order valence-electron chi connectivity index (χ2n) is 5.16. The van der Waals surface area contributed by atoms with Crippen LogP contribution in [0, 0.1) is 11.7 Å². The number of rotatable bonds is 5. The lowest BCUT2D eigenvalue weighted by molar-refractivity contribution is 0.0696. The number of aromatic carboxylic acids is 1. The summed E-state index contributed by atoms with van der Waals surface area (Å²) in [5.74, 6) is -0.630. The SMILES string of the molecule is O=C(O)c1cc(F)cnc1N(CC1CC1)C1CC1. The third-order valence-electron chi connectivity index (χ3n) is 3.48. The molecular weight excluding hydrogens is 235 g/mol. The van der Waals surface area contributed by atoms with Crippen molar-refractivity contribution in [3.8, 4) is 0 Å². The zero-order chi connectivity index (χ0) is 12.7. The molecule has 0 unspecified atom stereocenters. The van der Waals surface area contributed by atoms with Gasteiger partial charge in [-0.2, -0.15) is 0 Å². The first-order valence-electron chi connectivity index (χ1n) is 6.30. The number of aromatic nitrogens is 1. The van der Waals surface area contributed by atoms with Crippen LogP contribution in [0.25, 0.3) is 0 Å². The average Bonchev–Trinajstić information content (AvgIpc) is 3.19. The topological polar surface area (TPSA) is 53.4 Å². The van der Waals surface area contributed by atoms with Crippen molar-refractivity contribution in [2.45, 2.75) is 31.7 Å². The standard InChI is InChI=1S/C13H15FN2O2/c14-9-5-11(13(17)18)12(15-6-9)16(10-3-4-10)7-8-1-2-8/h5-6,8,10H,1-4,7H2,(H,17,18). The first-order chi connectivity index (χ1) is 8.65. The van der Waals surface area contributed by atoms with Crippen LogP contribution in [0.5, 0.6) is 0 Å². The van der Waals surface area contributed by atoms with E-state index in [2.05, 4.69) is 9.88 Å².